The number of H-pyrrole nitrogens is 1. The van der Waals surface area contributed by atoms with Crippen LogP contribution in [-0.2, 0) is 4.79 Å². The largest absolute Gasteiger partial charge is 0.370 e. The maximum absolute atomic E-state index is 11.8. The summed E-state index contributed by atoms with van der Waals surface area (Å²) in [6, 6.07) is 1.81. The van der Waals surface area contributed by atoms with Gasteiger partial charge >= 0.3 is 0 Å². The van der Waals surface area contributed by atoms with Crippen molar-refractivity contribution in [3.05, 3.63) is 22.6 Å². The van der Waals surface area contributed by atoms with Crippen molar-refractivity contribution in [3.63, 3.8) is 0 Å². The van der Waals surface area contributed by atoms with Crippen LogP contribution in [0.25, 0.3) is 0 Å². The van der Waals surface area contributed by atoms with Crippen LogP contribution in [0.3, 0.4) is 0 Å². The quantitative estimate of drug-likeness (QED) is 0.857. The fraction of sp³-hybridized carbons (Fsp3) is 0.667. The summed E-state index contributed by atoms with van der Waals surface area (Å²) in [4.78, 5) is 25.2. The zero-order valence-corrected chi connectivity index (χ0v) is 12.8. The Morgan fingerprint density at radius 2 is 2.19 bits per heavy atom. The van der Waals surface area contributed by atoms with Gasteiger partial charge in [0.05, 0.1) is 11.9 Å². The van der Waals surface area contributed by atoms with Crippen LogP contribution in [-0.4, -0.2) is 35.2 Å². The van der Waals surface area contributed by atoms with Crippen molar-refractivity contribution in [2.75, 3.05) is 18.0 Å². The van der Waals surface area contributed by atoms with Crippen molar-refractivity contribution in [3.8, 4) is 0 Å². The molecule has 0 atom stereocenters. The molecule has 1 aliphatic heterocycles. The van der Waals surface area contributed by atoms with E-state index < -0.39 is 0 Å². The first kappa shape index (κ1) is 15.5. The zero-order valence-electron chi connectivity index (χ0n) is 12.8. The summed E-state index contributed by atoms with van der Waals surface area (Å²) < 4.78 is 0. The second kappa shape index (κ2) is 7.24. The average molecular weight is 292 g/mol. The van der Waals surface area contributed by atoms with Crippen molar-refractivity contribution >= 4 is 11.6 Å². The van der Waals surface area contributed by atoms with Crippen LogP contribution in [0.4, 0.5) is 5.69 Å². The smallest absolute Gasteiger partial charge is 0.266 e. The summed E-state index contributed by atoms with van der Waals surface area (Å²) in [5.41, 5.74) is 0.667. The van der Waals surface area contributed by atoms with Crippen molar-refractivity contribution in [1.82, 2.24) is 15.5 Å². The van der Waals surface area contributed by atoms with Gasteiger partial charge in [0.1, 0.15) is 0 Å². The molecule has 1 aliphatic rings. The third-order valence-corrected chi connectivity index (χ3v) is 3.82. The van der Waals surface area contributed by atoms with Crippen LogP contribution in [0.15, 0.2) is 17.1 Å². The number of aromatic amines is 1. The zero-order chi connectivity index (χ0) is 15.2. The van der Waals surface area contributed by atoms with Crippen molar-refractivity contribution < 1.29 is 4.79 Å². The Morgan fingerprint density at radius 1 is 1.48 bits per heavy atom. The van der Waals surface area contributed by atoms with E-state index in [9.17, 15) is 9.59 Å². The number of aromatic nitrogens is 2. The number of hydrogen-bond acceptors (Lipinski definition) is 4. The Morgan fingerprint density at radius 3 is 2.81 bits per heavy atom. The molecule has 0 unspecified atom stereocenters. The Labute approximate surface area is 124 Å². The van der Waals surface area contributed by atoms with E-state index in [1.54, 1.807) is 12.3 Å². The van der Waals surface area contributed by atoms with Gasteiger partial charge in [0.2, 0.25) is 5.91 Å². The van der Waals surface area contributed by atoms with Crippen molar-refractivity contribution in [2.45, 2.75) is 45.6 Å². The number of carbonyl (C=O) groups is 1. The standard InChI is InChI=1S/C15H24N4O2/c1-11(2)3-4-14(20)17-12-5-7-19(8-6-12)13-9-15(21)18-16-10-13/h9-12H,3-8H2,1-2H3,(H,17,20)(H,18,21). The van der Waals surface area contributed by atoms with E-state index in [1.165, 1.54) is 0 Å². The molecule has 0 bridgehead atoms. The maximum atomic E-state index is 11.8. The third-order valence-electron chi connectivity index (χ3n) is 3.82. The van der Waals surface area contributed by atoms with Gasteiger partial charge in [-0.3, -0.25) is 9.59 Å². The topological polar surface area (TPSA) is 78.1 Å². The number of carbonyl (C=O) groups excluding carboxylic acids is 1. The number of hydrogen-bond donors (Lipinski definition) is 2. The van der Waals surface area contributed by atoms with E-state index in [1.807, 2.05) is 0 Å². The summed E-state index contributed by atoms with van der Waals surface area (Å²) in [5.74, 6) is 0.709. The Hall–Kier alpha value is -1.85. The molecule has 0 spiro atoms. The predicted octanol–water partition coefficient (Wildman–Crippen LogP) is 1.29. The Kier molecular flexibility index (Phi) is 5.36. The highest BCUT2D eigenvalue weighted by molar-refractivity contribution is 5.76. The van der Waals surface area contributed by atoms with E-state index in [0.29, 0.717) is 12.3 Å². The van der Waals surface area contributed by atoms with Crippen LogP contribution in [0.2, 0.25) is 0 Å². The summed E-state index contributed by atoms with van der Waals surface area (Å²) >= 11 is 0. The number of anilines is 1. The minimum absolute atomic E-state index is 0.153. The number of piperidine rings is 1. The van der Waals surface area contributed by atoms with Gasteiger partial charge in [-0.05, 0) is 25.2 Å². The molecule has 116 valence electrons. The van der Waals surface area contributed by atoms with Crippen LogP contribution >= 0.6 is 0 Å². The lowest BCUT2D eigenvalue weighted by Crippen LogP contribution is -2.45. The molecule has 2 N–H and O–H groups in total. The summed E-state index contributed by atoms with van der Waals surface area (Å²) in [5, 5.41) is 9.31. The molecule has 1 saturated heterocycles. The van der Waals surface area contributed by atoms with Crippen LogP contribution in [0.1, 0.15) is 39.5 Å². The number of nitrogens with zero attached hydrogens (tertiary/aromatic N) is 2. The van der Waals surface area contributed by atoms with E-state index in [-0.39, 0.29) is 17.5 Å². The summed E-state index contributed by atoms with van der Waals surface area (Å²) in [6.07, 6.45) is 5.02. The molecule has 21 heavy (non-hydrogen) atoms. The van der Waals surface area contributed by atoms with Gasteiger partial charge in [-0.2, -0.15) is 5.10 Å². The maximum Gasteiger partial charge on any atom is 0.266 e. The molecular formula is C15H24N4O2. The molecule has 0 radical (unpaired) electrons. The van der Waals surface area contributed by atoms with Gasteiger partial charge in [0.25, 0.3) is 5.56 Å². The second-order valence-electron chi connectivity index (χ2n) is 6.06. The molecule has 1 fully saturated rings. The SMILES string of the molecule is CC(C)CCC(=O)NC1CCN(c2cn[nH]c(=O)c2)CC1. The monoisotopic (exact) mass is 292 g/mol. The van der Waals surface area contributed by atoms with Crippen molar-refractivity contribution in [2.24, 2.45) is 5.92 Å². The number of amides is 1. The van der Waals surface area contributed by atoms with E-state index in [2.05, 4.69) is 34.3 Å². The van der Waals surface area contributed by atoms with Crippen LogP contribution < -0.4 is 15.8 Å². The van der Waals surface area contributed by atoms with Crippen LogP contribution in [0, 0.1) is 5.92 Å². The molecule has 1 aromatic rings. The predicted molar refractivity (Wildman–Crippen MR) is 82.3 cm³/mol. The normalized spacial score (nSPS) is 16.2. The molecule has 2 heterocycles. The highest BCUT2D eigenvalue weighted by Crippen LogP contribution is 2.17. The molecule has 2 rings (SSSR count). The highest BCUT2D eigenvalue weighted by atomic mass is 16.1. The highest BCUT2D eigenvalue weighted by Gasteiger charge is 2.21. The van der Waals surface area contributed by atoms with Gasteiger partial charge < -0.3 is 10.2 Å². The lowest BCUT2D eigenvalue weighted by molar-refractivity contribution is -0.122. The van der Waals surface area contributed by atoms with Crippen molar-refractivity contribution in [1.29, 1.82) is 0 Å². The van der Waals surface area contributed by atoms with Crippen LogP contribution in [0.5, 0.6) is 0 Å². The number of rotatable bonds is 5. The molecule has 1 aromatic heterocycles. The summed E-state index contributed by atoms with van der Waals surface area (Å²) in [6.45, 7) is 5.92. The molecule has 0 aromatic carbocycles. The van der Waals surface area contributed by atoms with Gasteiger partial charge in [-0.1, -0.05) is 13.8 Å². The molecule has 6 heteroatoms. The molecule has 0 aliphatic carbocycles. The number of nitrogens with one attached hydrogen (secondary N) is 2. The van der Waals surface area contributed by atoms with Gasteiger partial charge in [-0.15, -0.1) is 0 Å². The van der Waals surface area contributed by atoms with Gasteiger partial charge in [-0.25, -0.2) is 5.10 Å². The molecular weight excluding hydrogens is 268 g/mol. The summed E-state index contributed by atoms with van der Waals surface area (Å²) in [7, 11) is 0. The fourth-order valence-corrected chi connectivity index (χ4v) is 2.54. The Bertz CT molecular complexity index is 518. The minimum Gasteiger partial charge on any atom is -0.370 e. The van der Waals surface area contributed by atoms with E-state index in [0.717, 1.165) is 38.0 Å². The first-order chi connectivity index (χ1) is 10.0. The third kappa shape index (κ3) is 4.88. The first-order valence-corrected chi connectivity index (χ1v) is 7.63. The fourth-order valence-electron chi connectivity index (χ4n) is 2.54. The lowest BCUT2D eigenvalue weighted by atomic mass is 10.0. The average Bonchev–Trinajstić information content (AvgIpc) is 2.46. The van der Waals surface area contributed by atoms with Gasteiger partial charge in [0.15, 0.2) is 0 Å². The Balaban J connectivity index is 1.78. The second-order valence-corrected chi connectivity index (χ2v) is 6.06. The van der Waals surface area contributed by atoms with E-state index in [4.69, 9.17) is 0 Å². The molecule has 0 saturated carbocycles. The minimum atomic E-state index is -0.184. The lowest BCUT2D eigenvalue weighted by Gasteiger charge is -2.33. The first-order valence-electron chi connectivity index (χ1n) is 7.63. The molecule has 1 amide bonds. The molecule has 6 nitrogen and oxygen atoms in total. The van der Waals surface area contributed by atoms with Gasteiger partial charge in [0, 0.05) is 31.6 Å². The van der Waals surface area contributed by atoms with E-state index >= 15 is 0 Å².